The number of benzene rings is 2. The Balaban J connectivity index is 1.96. The molecule has 8 heteroatoms. The number of aromatic amines is 1. The van der Waals surface area contributed by atoms with E-state index in [1.165, 1.54) is 10.9 Å². The lowest BCUT2D eigenvalue weighted by Crippen LogP contribution is -1.97. The number of hydrogen-bond donors (Lipinski definition) is 2. The van der Waals surface area contributed by atoms with Crippen LogP contribution in [0, 0.1) is 4.77 Å². The Morgan fingerprint density at radius 2 is 2.04 bits per heavy atom. The molecular formula is C18H18N4O3S. The molecule has 0 fully saturated rings. The van der Waals surface area contributed by atoms with E-state index in [2.05, 4.69) is 15.3 Å². The zero-order valence-corrected chi connectivity index (χ0v) is 15.2. The van der Waals surface area contributed by atoms with Crippen LogP contribution in [0.25, 0.3) is 11.4 Å². The molecular weight excluding hydrogens is 352 g/mol. The Hall–Kier alpha value is -3.13. The molecule has 1 heterocycles. The maximum atomic E-state index is 10.3. The van der Waals surface area contributed by atoms with Crippen molar-refractivity contribution >= 4 is 18.4 Å². The van der Waals surface area contributed by atoms with E-state index in [0.29, 0.717) is 28.5 Å². The highest BCUT2D eigenvalue weighted by Crippen LogP contribution is 2.28. The van der Waals surface area contributed by atoms with E-state index in [-0.39, 0.29) is 5.75 Å². The molecule has 1 aromatic heterocycles. The second-order valence-corrected chi connectivity index (χ2v) is 5.65. The number of aromatic nitrogens is 3. The van der Waals surface area contributed by atoms with Crippen molar-refractivity contribution in [3.05, 3.63) is 52.8 Å². The highest BCUT2D eigenvalue weighted by molar-refractivity contribution is 7.71. The van der Waals surface area contributed by atoms with E-state index >= 15 is 0 Å². The van der Waals surface area contributed by atoms with E-state index in [1.54, 1.807) is 25.3 Å². The first kappa shape index (κ1) is 17.7. The zero-order chi connectivity index (χ0) is 18.5. The Bertz CT molecular complexity index is 977. The van der Waals surface area contributed by atoms with Crippen molar-refractivity contribution in [2.45, 2.75) is 6.92 Å². The number of nitrogens with one attached hydrogen (secondary N) is 1. The first-order valence-corrected chi connectivity index (χ1v) is 8.35. The lowest BCUT2D eigenvalue weighted by molar-refractivity contribution is 0.318. The van der Waals surface area contributed by atoms with Gasteiger partial charge in [0.05, 0.1) is 19.9 Å². The van der Waals surface area contributed by atoms with Crippen LogP contribution < -0.4 is 9.47 Å². The summed E-state index contributed by atoms with van der Waals surface area (Å²) in [5.74, 6) is 1.73. The van der Waals surface area contributed by atoms with Crippen LogP contribution in [0.2, 0.25) is 0 Å². The normalized spacial score (nSPS) is 11.0. The van der Waals surface area contributed by atoms with Crippen molar-refractivity contribution in [2.24, 2.45) is 5.10 Å². The molecule has 0 bridgehead atoms. The van der Waals surface area contributed by atoms with Gasteiger partial charge in [0, 0.05) is 11.1 Å². The highest BCUT2D eigenvalue weighted by Gasteiger charge is 2.10. The minimum Gasteiger partial charge on any atom is -0.504 e. The van der Waals surface area contributed by atoms with Gasteiger partial charge in [-0.05, 0) is 55.5 Å². The molecule has 0 spiro atoms. The van der Waals surface area contributed by atoms with Crippen LogP contribution in [-0.4, -0.2) is 39.9 Å². The summed E-state index contributed by atoms with van der Waals surface area (Å²) in [6.07, 6.45) is 1.51. The summed E-state index contributed by atoms with van der Waals surface area (Å²) < 4.78 is 12.4. The molecule has 2 N–H and O–H groups in total. The van der Waals surface area contributed by atoms with Gasteiger partial charge in [0.25, 0.3) is 0 Å². The SMILES string of the molecule is CCOc1cccc(C=Nn2c(-c3ccc(OC)cc3)n[nH]c2=S)c1O. The number of rotatable bonds is 6. The molecule has 0 saturated heterocycles. The molecule has 2 aromatic carbocycles. The van der Waals surface area contributed by atoms with E-state index in [9.17, 15) is 5.11 Å². The van der Waals surface area contributed by atoms with Crippen molar-refractivity contribution in [3.8, 4) is 28.6 Å². The monoisotopic (exact) mass is 370 g/mol. The van der Waals surface area contributed by atoms with Gasteiger partial charge in [-0.2, -0.15) is 14.9 Å². The first-order valence-electron chi connectivity index (χ1n) is 7.95. The standard InChI is InChI=1S/C18H18N4O3S/c1-3-25-15-6-4-5-13(16(15)23)11-19-22-17(20-21-18(22)26)12-7-9-14(24-2)10-8-12/h4-11,23H,3H2,1-2H3,(H,21,26). The van der Waals surface area contributed by atoms with Crippen molar-refractivity contribution in [3.63, 3.8) is 0 Å². The number of methoxy groups -OCH3 is 1. The van der Waals surface area contributed by atoms with Gasteiger partial charge in [-0.1, -0.05) is 6.07 Å². The lowest BCUT2D eigenvalue weighted by Gasteiger charge is -2.07. The summed E-state index contributed by atoms with van der Waals surface area (Å²) in [5, 5.41) is 21.6. The number of phenolic OH excluding ortho intramolecular Hbond substituents is 1. The minimum absolute atomic E-state index is 0.0270. The van der Waals surface area contributed by atoms with E-state index in [0.717, 1.165) is 11.3 Å². The summed E-state index contributed by atoms with van der Waals surface area (Å²) in [7, 11) is 1.61. The average Bonchev–Trinajstić information content (AvgIpc) is 3.03. The Labute approximate surface area is 155 Å². The van der Waals surface area contributed by atoms with Crippen LogP contribution in [0.3, 0.4) is 0 Å². The summed E-state index contributed by atoms with van der Waals surface area (Å²) in [4.78, 5) is 0. The Morgan fingerprint density at radius 3 is 2.73 bits per heavy atom. The molecule has 7 nitrogen and oxygen atoms in total. The van der Waals surface area contributed by atoms with E-state index in [1.807, 2.05) is 31.2 Å². The van der Waals surface area contributed by atoms with Gasteiger partial charge in [-0.25, -0.2) is 5.10 Å². The molecule has 134 valence electrons. The molecule has 0 radical (unpaired) electrons. The van der Waals surface area contributed by atoms with Crippen LogP contribution in [0.15, 0.2) is 47.6 Å². The molecule has 0 aliphatic heterocycles. The van der Waals surface area contributed by atoms with Crippen molar-refractivity contribution < 1.29 is 14.6 Å². The summed E-state index contributed by atoms with van der Waals surface area (Å²) in [6, 6.07) is 12.6. The summed E-state index contributed by atoms with van der Waals surface area (Å²) in [6.45, 7) is 2.31. The third-order valence-electron chi connectivity index (χ3n) is 3.64. The van der Waals surface area contributed by atoms with Gasteiger partial charge >= 0.3 is 0 Å². The largest absolute Gasteiger partial charge is 0.504 e. The number of ether oxygens (including phenoxy) is 2. The number of hydrogen-bond acceptors (Lipinski definition) is 6. The lowest BCUT2D eigenvalue weighted by atomic mass is 10.2. The number of H-pyrrole nitrogens is 1. The predicted molar refractivity (Wildman–Crippen MR) is 102 cm³/mol. The van der Waals surface area contributed by atoms with Gasteiger partial charge in [0.2, 0.25) is 4.77 Å². The minimum atomic E-state index is 0.0270. The van der Waals surface area contributed by atoms with Gasteiger partial charge in [-0.15, -0.1) is 0 Å². The van der Waals surface area contributed by atoms with Crippen molar-refractivity contribution in [2.75, 3.05) is 13.7 Å². The summed E-state index contributed by atoms with van der Waals surface area (Å²) >= 11 is 5.26. The number of aromatic hydroxyl groups is 1. The zero-order valence-electron chi connectivity index (χ0n) is 14.3. The molecule has 26 heavy (non-hydrogen) atoms. The Kier molecular flexibility index (Phi) is 5.33. The van der Waals surface area contributed by atoms with Gasteiger partial charge in [0.15, 0.2) is 17.3 Å². The van der Waals surface area contributed by atoms with Crippen molar-refractivity contribution in [1.82, 2.24) is 14.9 Å². The van der Waals surface area contributed by atoms with Crippen molar-refractivity contribution in [1.29, 1.82) is 0 Å². The Morgan fingerprint density at radius 1 is 1.27 bits per heavy atom. The summed E-state index contributed by atoms with van der Waals surface area (Å²) in [5.41, 5.74) is 1.34. The molecule has 0 atom stereocenters. The number of phenols is 1. The van der Waals surface area contributed by atoms with Crippen LogP contribution in [0.5, 0.6) is 17.2 Å². The van der Waals surface area contributed by atoms with Gasteiger partial charge < -0.3 is 14.6 Å². The third-order valence-corrected chi connectivity index (χ3v) is 3.91. The van der Waals surface area contributed by atoms with Crippen LogP contribution >= 0.6 is 12.2 Å². The molecule has 0 amide bonds. The molecule has 0 aliphatic carbocycles. The van der Waals surface area contributed by atoms with Crippen LogP contribution in [0.1, 0.15) is 12.5 Å². The first-order chi connectivity index (χ1) is 12.6. The maximum Gasteiger partial charge on any atom is 0.216 e. The predicted octanol–water partition coefficient (Wildman–Crippen LogP) is 3.60. The quantitative estimate of drug-likeness (QED) is 0.511. The van der Waals surface area contributed by atoms with E-state index in [4.69, 9.17) is 21.7 Å². The van der Waals surface area contributed by atoms with Gasteiger partial charge in [-0.3, -0.25) is 0 Å². The molecule has 0 saturated carbocycles. The maximum absolute atomic E-state index is 10.3. The topological polar surface area (TPSA) is 84.7 Å². The van der Waals surface area contributed by atoms with Crippen LogP contribution in [-0.2, 0) is 0 Å². The fourth-order valence-electron chi connectivity index (χ4n) is 2.36. The molecule has 0 unspecified atom stereocenters. The highest BCUT2D eigenvalue weighted by atomic mass is 32.1. The fourth-order valence-corrected chi connectivity index (χ4v) is 2.54. The smallest absolute Gasteiger partial charge is 0.216 e. The average molecular weight is 370 g/mol. The number of nitrogens with zero attached hydrogens (tertiary/aromatic N) is 3. The third kappa shape index (κ3) is 3.60. The molecule has 3 aromatic rings. The molecule has 3 rings (SSSR count). The second-order valence-electron chi connectivity index (χ2n) is 5.26. The number of para-hydroxylation sites is 1. The van der Waals surface area contributed by atoms with Gasteiger partial charge in [0.1, 0.15) is 5.75 Å². The van der Waals surface area contributed by atoms with E-state index < -0.39 is 0 Å². The molecule has 0 aliphatic rings. The van der Waals surface area contributed by atoms with Crippen LogP contribution in [0.4, 0.5) is 0 Å². The second kappa shape index (κ2) is 7.83. The fraction of sp³-hybridized carbons (Fsp3) is 0.167.